The molecule has 1 amide bonds. The Balaban J connectivity index is 2.33. The van der Waals surface area contributed by atoms with Gasteiger partial charge in [-0.05, 0) is 42.8 Å². The molecule has 0 fully saturated rings. The Hall–Kier alpha value is -1.68. The third kappa shape index (κ3) is 2.62. The normalized spacial score (nSPS) is 29.3. The molecule has 0 saturated heterocycles. The van der Waals surface area contributed by atoms with Crippen molar-refractivity contribution in [1.29, 1.82) is 0 Å². The van der Waals surface area contributed by atoms with Crippen molar-refractivity contribution in [3.05, 3.63) is 22.3 Å². The first-order valence-corrected chi connectivity index (χ1v) is 9.96. The molecular weight excluding hydrogens is 414 g/mol. The largest absolute Gasteiger partial charge is 0.477 e. The average Bonchev–Trinajstić information content (AvgIpc) is 2.63. The summed E-state index contributed by atoms with van der Waals surface area (Å²) in [6.45, 7) is 4.79. The van der Waals surface area contributed by atoms with Crippen LogP contribution in [0.5, 0.6) is 5.88 Å². The summed E-state index contributed by atoms with van der Waals surface area (Å²) in [6.07, 6.45) is 0.436. The van der Waals surface area contributed by atoms with Crippen LogP contribution in [-0.4, -0.2) is 47.0 Å². The van der Waals surface area contributed by atoms with Crippen molar-refractivity contribution in [2.75, 3.05) is 6.61 Å². The lowest BCUT2D eigenvalue weighted by Gasteiger charge is -2.43. The lowest BCUT2D eigenvalue weighted by Crippen LogP contribution is -2.61. The molecule has 10 heteroatoms. The van der Waals surface area contributed by atoms with Gasteiger partial charge in [0.1, 0.15) is 16.1 Å². The molecule has 3 heterocycles. The Labute approximate surface area is 153 Å². The average molecular weight is 432 g/mol. The van der Waals surface area contributed by atoms with Gasteiger partial charge in [0, 0.05) is 22.7 Å². The molecule has 3 rings (SSSR count). The van der Waals surface area contributed by atoms with Gasteiger partial charge in [0.2, 0.25) is 5.88 Å². The summed E-state index contributed by atoms with van der Waals surface area (Å²) in [5, 5.41) is 10.4. The number of nitrogens with one attached hydrogen (secondary N) is 1. The van der Waals surface area contributed by atoms with Crippen LogP contribution in [0.25, 0.3) is 0 Å². The van der Waals surface area contributed by atoms with E-state index in [0.717, 1.165) is 0 Å². The molecule has 2 atom stereocenters. The quantitative estimate of drug-likeness (QED) is 0.648. The van der Waals surface area contributed by atoms with Crippen molar-refractivity contribution < 1.29 is 23.1 Å². The van der Waals surface area contributed by atoms with Gasteiger partial charge in [-0.3, -0.25) is 10.3 Å². The third-order valence-electron chi connectivity index (χ3n) is 4.83. The number of rotatable bonds is 0. The third-order valence-corrected chi connectivity index (χ3v) is 8.33. The fourth-order valence-electron chi connectivity index (χ4n) is 3.35. The highest BCUT2D eigenvalue weighted by atomic mass is 79.9. The van der Waals surface area contributed by atoms with E-state index in [1.807, 2.05) is 0 Å². The molecule has 2 N–H and O–H groups in total. The molecule has 25 heavy (non-hydrogen) atoms. The fourth-order valence-corrected chi connectivity index (χ4v) is 5.95. The second kappa shape index (κ2) is 5.66. The van der Waals surface area contributed by atoms with E-state index in [4.69, 9.17) is 9.84 Å². The predicted molar refractivity (Wildman–Crippen MR) is 94.8 cm³/mol. The minimum atomic E-state index is -3.77. The van der Waals surface area contributed by atoms with Crippen LogP contribution in [-0.2, 0) is 15.4 Å². The number of fused-ring (bicyclic) bond motifs is 3. The van der Waals surface area contributed by atoms with Gasteiger partial charge >= 0.3 is 6.09 Å². The number of aromatic nitrogens is 1. The molecule has 1 aromatic rings. The maximum Gasteiger partial charge on any atom is 0.410 e. The first kappa shape index (κ1) is 18.1. The number of carboxylic acid groups (broad SMARTS) is 1. The number of nitrogens with zero attached hydrogens (tertiary/aromatic N) is 2. The molecule has 136 valence electrons. The first-order chi connectivity index (χ1) is 11.5. The SMILES string of the molecule is CC1(C)C(NC(=O)O)=N[C@]2(C)c3cc(Br)cnc3OCC[C@H]2S1(=O)=O. The van der Waals surface area contributed by atoms with Gasteiger partial charge in [0.25, 0.3) is 0 Å². The Kier molecular flexibility index (Phi) is 4.11. The molecule has 0 aromatic carbocycles. The van der Waals surface area contributed by atoms with Gasteiger partial charge in [-0.25, -0.2) is 18.2 Å². The molecule has 0 unspecified atom stereocenters. The van der Waals surface area contributed by atoms with Crippen LogP contribution in [0.1, 0.15) is 32.8 Å². The number of halogens is 1. The molecule has 2 aliphatic heterocycles. The summed E-state index contributed by atoms with van der Waals surface area (Å²) in [4.78, 5) is 20.0. The molecule has 0 saturated carbocycles. The summed E-state index contributed by atoms with van der Waals surface area (Å²) in [7, 11) is -3.77. The van der Waals surface area contributed by atoms with Gasteiger partial charge in [-0.2, -0.15) is 0 Å². The smallest absolute Gasteiger partial charge is 0.410 e. The fraction of sp³-hybridized carbons (Fsp3) is 0.533. The Morgan fingerprint density at radius 1 is 1.44 bits per heavy atom. The number of sulfone groups is 1. The van der Waals surface area contributed by atoms with Gasteiger partial charge in [-0.15, -0.1) is 0 Å². The second-order valence-corrected chi connectivity index (χ2v) is 10.3. The zero-order valence-electron chi connectivity index (χ0n) is 13.9. The van der Waals surface area contributed by atoms with Gasteiger partial charge in [0.05, 0.1) is 11.9 Å². The van der Waals surface area contributed by atoms with Crippen molar-refractivity contribution in [1.82, 2.24) is 10.3 Å². The van der Waals surface area contributed by atoms with Crippen molar-refractivity contribution >= 4 is 37.7 Å². The highest BCUT2D eigenvalue weighted by Gasteiger charge is 2.58. The van der Waals surface area contributed by atoms with Crippen molar-refractivity contribution in [2.24, 2.45) is 4.99 Å². The van der Waals surface area contributed by atoms with E-state index >= 15 is 0 Å². The Bertz CT molecular complexity index is 883. The highest BCUT2D eigenvalue weighted by Crippen LogP contribution is 2.48. The molecule has 0 bridgehead atoms. The van der Waals surface area contributed by atoms with Crippen molar-refractivity contribution in [3.63, 3.8) is 0 Å². The maximum absolute atomic E-state index is 13.3. The molecule has 1 aromatic heterocycles. The summed E-state index contributed by atoms with van der Waals surface area (Å²) in [5.74, 6) is 0.202. The van der Waals surface area contributed by atoms with Crippen LogP contribution in [0.3, 0.4) is 0 Å². The van der Waals surface area contributed by atoms with Crippen LogP contribution in [0, 0.1) is 0 Å². The number of amides is 1. The van der Waals surface area contributed by atoms with Crippen LogP contribution in [0.4, 0.5) is 4.79 Å². The maximum atomic E-state index is 13.3. The number of aliphatic imine (C=N–C) groups is 1. The number of ether oxygens (including phenoxy) is 1. The standard InChI is InChI=1S/C15H18BrN3O5S/c1-14(2)12(18-13(20)21)19-15(3)9-6-8(16)7-17-11(9)24-5-4-10(15)25(14,22)23/h6-7,10H,4-5H2,1-3H3,(H,18,19)(H,20,21)/t10-,15-/m1/s1. The lowest BCUT2D eigenvalue weighted by molar-refractivity contribution is 0.199. The number of hydrogen-bond donors (Lipinski definition) is 2. The van der Waals surface area contributed by atoms with E-state index in [0.29, 0.717) is 15.9 Å². The van der Waals surface area contributed by atoms with E-state index in [1.54, 1.807) is 19.2 Å². The molecule has 0 spiro atoms. The van der Waals surface area contributed by atoms with Gasteiger partial charge in [-0.1, -0.05) is 0 Å². The number of pyridine rings is 1. The number of hydrogen-bond acceptors (Lipinski definition) is 6. The van der Waals surface area contributed by atoms with E-state index < -0.39 is 31.5 Å². The van der Waals surface area contributed by atoms with E-state index in [2.05, 4.69) is 31.2 Å². The molecular formula is C15H18BrN3O5S. The topological polar surface area (TPSA) is 118 Å². The van der Waals surface area contributed by atoms with E-state index in [9.17, 15) is 13.2 Å². The van der Waals surface area contributed by atoms with E-state index in [1.165, 1.54) is 13.8 Å². The number of carbonyl (C=O) groups is 1. The summed E-state index contributed by atoms with van der Waals surface area (Å²) in [5.41, 5.74) is -0.706. The second-order valence-electron chi connectivity index (χ2n) is 6.73. The molecule has 8 nitrogen and oxygen atoms in total. The van der Waals surface area contributed by atoms with Crippen LogP contribution in [0.2, 0.25) is 0 Å². The van der Waals surface area contributed by atoms with Crippen molar-refractivity contribution in [3.8, 4) is 5.88 Å². The predicted octanol–water partition coefficient (Wildman–Crippen LogP) is 2.08. The molecule has 2 aliphatic rings. The monoisotopic (exact) mass is 431 g/mol. The zero-order chi connectivity index (χ0) is 18.6. The van der Waals surface area contributed by atoms with E-state index in [-0.39, 0.29) is 18.9 Å². The Morgan fingerprint density at radius 2 is 2.12 bits per heavy atom. The molecule has 0 aliphatic carbocycles. The first-order valence-electron chi connectivity index (χ1n) is 7.62. The van der Waals surface area contributed by atoms with Gasteiger partial charge in [0.15, 0.2) is 9.84 Å². The number of amidine groups is 1. The summed E-state index contributed by atoms with van der Waals surface area (Å²) < 4.78 is 31.5. The highest BCUT2D eigenvalue weighted by molar-refractivity contribution is 9.10. The molecule has 0 radical (unpaired) electrons. The zero-order valence-corrected chi connectivity index (χ0v) is 16.3. The lowest BCUT2D eigenvalue weighted by atomic mass is 9.87. The van der Waals surface area contributed by atoms with Gasteiger partial charge < -0.3 is 9.84 Å². The van der Waals surface area contributed by atoms with Crippen LogP contribution < -0.4 is 10.1 Å². The van der Waals surface area contributed by atoms with Crippen LogP contribution >= 0.6 is 15.9 Å². The summed E-state index contributed by atoms with van der Waals surface area (Å²) in [6, 6.07) is 1.72. The Morgan fingerprint density at radius 3 is 2.76 bits per heavy atom. The van der Waals surface area contributed by atoms with Crippen LogP contribution in [0.15, 0.2) is 21.7 Å². The summed E-state index contributed by atoms with van der Waals surface area (Å²) >= 11 is 3.34. The van der Waals surface area contributed by atoms with Crippen molar-refractivity contribution in [2.45, 2.75) is 42.7 Å². The minimum Gasteiger partial charge on any atom is -0.477 e. The minimum absolute atomic E-state index is 0.105.